The molecule has 0 heterocycles. The molecule has 0 spiro atoms. The lowest BCUT2D eigenvalue weighted by molar-refractivity contribution is -0.124. The summed E-state index contributed by atoms with van der Waals surface area (Å²) >= 11 is 5.98. The van der Waals surface area contributed by atoms with Gasteiger partial charge in [0.05, 0.1) is 6.04 Å². The molecule has 0 aromatic heterocycles. The highest BCUT2D eigenvalue weighted by molar-refractivity contribution is 6.31. The maximum atomic E-state index is 13.8. The van der Waals surface area contributed by atoms with Gasteiger partial charge < -0.3 is 5.32 Å². The van der Waals surface area contributed by atoms with Crippen molar-refractivity contribution in [2.45, 2.75) is 33.4 Å². The molecule has 0 bridgehead atoms. The van der Waals surface area contributed by atoms with Crippen LogP contribution in [0.1, 0.15) is 26.3 Å². The molecular weight excluding hydrogens is 321 g/mol. The van der Waals surface area contributed by atoms with Crippen LogP contribution in [0.25, 0.3) is 0 Å². The average Bonchev–Trinajstić information content (AvgIpc) is 2.48. The summed E-state index contributed by atoms with van der Waals surface area (Å²) in [6.07, 6.45) is 0. The van der Waals surface area contributed by atoms with E-state index in [1.165, 1.54) is 12.1 Å². The number of hydrogen-bond acceptors (Lipinski definition) is 3. The molecular formula is C16H23ClFN3O2. The van der Waals surface area contributed by atoms with Crippen molar-refractivity contribution in [3.8, 4) is 0 Å². The zero-order chi connectivity index (χ0) is 17.6. The number of urea groups is 1. The van der Waals surface area contributed by atoms with Crippen molar-refractivity contribution in [3.63, 3.8) is 0 Å². The third-order valence-electron chi connectivity index (χ3n) is 3.42. The molecule has 0 saturated carbocycles. The van der Waals surface area contributed by atoms with Crippen LogP contribution in [0, 0.1) is 11.7 Å². The molecule has 23 heavy (non-hydrogen) atoms. The summed E-state index contributed by atoms with van der Waals surface area (Å²) in [6, 6.07) is 3.29. The number of imide groups is 1. The van der Waals surface area contributed by atoms with Gasteiger partial charge in [-0.05, 0) is 32.0 Å². The molecule has 7 heteroatoms. The van der Waals surface area contributed by atoms with Crippen molar-refractivity contribution in [3.05, 3.63) is 34.6 Å². The number of nitrogens with one attached hydrogen (secondary N) is 2. The first-order chi connectivity index (χ1) is 10.7. The van der Waals surface area contributed by atoms with Gasteiger partial charge in [-0.2, -0.15) is 0 Å². The van der Waals surface area contributed by atoms with E-state index in [0.29, 0.717) is 23.0 Å². The summed E-state index contributed by atoms with van der Waals surface area (Å²) in [6.45, 7) is 6.19. The van der Waals surface area contributed by atoms with Crippen molar-refractivity contribution in [1.29, 1.82) is 0 Å². The summed E-state index contributed by atoms with van der Waals surface area (Å²) in [5.74, 6) is -0.591. The standard InChI is InChI=1S/C16H23ClFN3O2/c1-10(2)8-19-16(23)20-15(22)11(3)21(4)9-12-13(17)6-5-7-14(12)18/h5-7,10-11H,8-9H2,1-4H3,(H2,19,20,22,23). The van der Waals surface area contributed by atoms with E-state index >= 15 is 0 Å². The van der Waals surface area contributed by atoms with Crippen molar-refractivity contribution >= 4 is 23.5 Å². The Morgan fingerprint density at radius 3 is 2.52 bits per heavy atom. The largest absolute Gasteiger partial charge is 0.338 e. The normalized spacial score (nSPS) is 12.3. The van der Waals surface area contributed by atoms with E-state index in [0.717, 1.165) is 0 Å². The highest BCUT2D eigenvalue weighted by Crippen LogP contribution is 2.21. The Hall–Kier alpha value is -1.66. The lowest BCUT2D eigenvalue weighted by atomic mass is 10.1. The Kier molecular flexibility index (Phi) is 7.45. The zero-order valence-electron chi connectivity index (χ0n) is 13.8. The second-order valence-corrected chi connectivity index (χ2v) is 6.29. The van der Waals surface area contributed by atoms with Crippen LogP contribution in [0.4, 0.5) is 9.18 Å². The van der Waals surface area contributed by atoms with Crippen LogP contribution in [-0.4, -0.2) is 36.5 Å². The fourth-order valence-corrected chi connectivity index (χ4v) is 2.05. The number of likely N-dealkylation sites (N-methyl/N-ethyl adjacent to an activating group) is 1. The highest BCUT2D eigenvalue weighted by atomic mass is 35.5. The van der Waals surface area contributed by atoms with Crippen LogP contribution in [-0.2, 0) is 11.3 Å². The number of amides is 3. The number of carbonyl (C=O) groups excluding carboxylic acids is 2. The van der Waals surface area contributed by atoms with Gasteiger partial charge >= 0.3 is 6.03 Å². The molecule has 0 aliphatic carbocycles. The Labute approximate surface area is 141 Å². The Balaban J connectivity index is 2.60. The third-order valence-corrected chi connectivity index (χ3v) is 3.77. The molecule has 128 valence electrons. The van der Waals surface area contributed by atoms with Gasteiger partial charge in [0.25, 0.3) is 0 Å². The van der Waals surface area contributed by atoms with Gasteiger partial charge in [0.1, 0.15) is 5.82 Å². The van der Waals surface area contributed by atoms with Gasteiger partial charge in [-0.3, -0.25) is 15.0 Å². The monoisotopic (exact) mass is 343 g/mol. The van der Waals surface area contributed by atoms with Crippen LogP contribution in [0.3, 0.4) is 0 Å². The predicted octanol–water partition coefficient (Wildman–Crippen LogP) is 2.78. The van der Waals surface area contributed by atoms with Crippen LogP contribution in [0.15, 0.2) is 18.2 Å². The number of halogens is 2. The van der Waals surface area contributed by atoms with Crippen molar-refractivity contribution in [2.75, 3.05) is 13.6 Å². The molecule has 5 nitrogen and oxygen atoms in total. The van der Waals surface area contributed by atoms with Crippen LogP contribution in [0.2, 0.25) is 5.02 Å². The van der Waals surface area contributed by atoms with Gasteiger partial charge in [0, 0.05) is 23.7 Å². The lowest BCUT2D eigenvalue weighted by Gasteiger charge is -2.24. The number of carbonyl (C=O) groups is 2. The molecule has 0 aliphatic heterocycles. The van der Waals surface area contributed by atoms with Crippen molar-refractivity contribution in [1.82, 2.24) is 15.5 Å². The second kappa shape index (κ2) is 8.84. The topological polar surface area (TPSA) is 61.4 Å². The molecule has 0 aliphatic rings. The van der Waals surface area contributed by atoms with Gasteiger partial charge in [0.15, 0.2) is 0 Å². The first kappa shape index (κ1) is 19.4. The van der Waals surface area contributed by atoms with E-state index in [1.54, 1.807) is 24.9 Å². The minimum Gasteiger partial charge on any atom is -0.338 e. The van der Waals surface area contributed by atoms with Crippen LogP contribution >= 0.6 is 11.6 Å². The first-order valence-electron chi connectivity index (χ1n) is 7.44. The van der Waals surface area contributed by atoms with Gasteiger partial charge in [0.2, 0.25) is 5.91 Å². The number of hydrogen-bond donors (Lipinski definition) is 2. The highest BCUT2D eigenvalue weighted by Gasteiger charge is 2.21. The molecule has 2 N–H and O–H groups in total. The van der Waals surface area contributed by atoms with Crippen LogP contribution < -0.4 is 10.6 Å². The van der Waals surface area contributed by atoms with E-state index in [9.17, 15) is 14.0 Å². The summed E-state index contributed by atoms with van der Waals surface area (Å²) in [5, 5.41) is 5.18. The maximum absolute atomic E-state index is 13.8. The minimum atomic E-state index is -0.615. The lowest BCUT2D eigenvalue weighted by Crippen LogP contribution is -2.48. The average molecular weight is 344 g/mol. The molecule has 1 rings (SSSR count). The predicted molar refractivity (Wildman–Crippen MR) is 88.7 cm³/mol. The van der Waals surface area contributed by atoms with Gasteiger partial charge in [-0.15, -0.1) is 0 Å². The van der Waals surface area contributed by atoms with Crippen molar-refractivity contribution < 1.29 is 14.0 Å². The molecule has 0 fully saturated rings. The van der Waals surface area contributed by atoms with Crippen LogP contribution in [0.5, 0.6) is 0 Å². The maximum Gasteiger partial charge on any atom is 0.321 e. The van der Waals surface area contributed by atoms with E-state index in [4.69, 9.17) is 11.6 Å². The second-order valence-electron chi connectivity index (χ2n) is 5.88. The molecule has 1 aromatic carbocycles. The van der Waals surface area contributed by atoms with E-state index in [2.05, 4.69) is 10.6 Å². The summed E-state index contributed by atoms with van der Waals surface area (Å²) in [7, 11) is 1.67. The molecule has 1 aromatic rings. The Morgan fingerprint density at radius 1 is 1.30 bits per heavy atom. The molecule has 1 atom stereocenters. The van der Waals surface area contributed by atoms with E-state index in [1.807, 2.05) is 13.8 Å². The quantitative estimate of drug-likeness (QED) is 0.835. The minimum absolute atomic E-state index is 0.160. The molecule has 3 amide bonds. The first-order valence-corrected chi connectivity index (χ1v) is 7.82. The van der Waals surface area contributed by atoms with E-state index < -0.39 is 23.8 Å². The summed E-state index contributed by atoms with van der Waals surface area (Å²) in [5.41, 5.74) is 0.320. The molecule has 1 unspecified atom stereocenters. The summed E-state index contributed by atoms with van der Waals surface area (Å²) < 4.78 is 13.8. The molecule has 0 radical (unpaired) electrons. The Morgan fingerprint density at radius 2 is 1.96 bits per heavy atom. The SMILES string of the molecule is CC(C)CNC(=O)NC(=O)C(C)N(C)Cc1c(F)cccc1Cl. The zero-order valence-corrected chi connectivity index (χ0v) is 14.6. The van der Waals surface area contributed by atoms with E-state index in [-0.39, 0.29) is 6.54 Å². The number of benzene rings is 1. The third kappa shape index (κ3) is 6.15. The fourth-order valence-electron chi connectivity index (χ4n) is 1.83. The van der Waals surface area contributed by atoms with Crippen molar-refractivity contribution in [2.24, 2.45) is 5.92 Å². The summed E-state index contributed by atoms with van der Waals surface area (Å²) in [4.78, 5) is 25.3. The Bertz CT molecular complexity index is 546. The number of rotatable bonds is 6. The van der Waals surface area contributed by atoms with Gasteiger partial charge in [-0.25, -0.2) is 9.18 Å². The fraction of sp³-hybridized carbons (Fsp3) is 0.500. The number of nitrogens with zero attached hydrogens (tertiary/aromatic N) is 1. The van der Waals surface area contributed by atoms with Gasteiger partial charge in [-0.1, -0.05) is 31.5 Å². The smallest absolute Gasteiger partial charge is 0.321 e. The molecule has 0 saturated heterocycles.